The molecule has 0 aromatic heterocycles. The van der Waals surface area contributed by atoms with Crippen LogP contribution in [0.4, 0.5) is 11.4 Å². The van der Waals surface area contributed by atoms with Crippen molar-refractivity contribution >= 4 is 17.3 Å². The van der Waals surface area contributed by atoms with Crippen LogP contribution in [0.2, 0.25) is 0 Å². The normalized spacial score (nSPS) is 19.2. The average molecular weight is 293 g/mol. The highest BCUT2D eigenvalue weighted by atomic mass is 16.5. The third-order valence-corrected chi connectivity index (χ3v) is 3.44. The number of nitrogens with zero attached hydrogens (tertiary/aromatic N) is 1. The molecule has 1 fully saturated rings. The summed E-state index contributed by atoms with van der Waals surface area (Å²) in [6.45, 7) is 5.24. The number of nitrogens with two attached hydrogens (primary N) is 1. The molecule has 0 spiro atoms. The fourth-order valence-corrected chi connectivity index (χ4v) is 2.35. The van der Waals surface area contributed by atoms with Gasteiger partial charge in [-0.15, -0.1) is 0 Å². The van der Waals surface area contributed by atoms with Gasteiger partial charge in [-0.05, 0) is 26.1 Å². The molecule has 1 aromatic rings. The number of nitrogen functional groups attached to an aromatic ring is 1. The Balaban J connectivity index is 2.06. The fraction of sp³-hybridized carbons (Fsp3) is 0.533. The molecule has 1 aliphatic rings. The van der Waals surface area contributed by atoms with E-state index in [0.29, 0.717) is 30.1 Å². The van der Waals surface area contributed by atoms with Gasteiger partial charge >= 0.3 is 5.97 Å². The van der Waals surface area contributed by atoms with Crippen LogP contribution >= 0.6 is 0 Å². The molecule has 1 aliphatic heterocycles. The zero-order valence-electron chi connectivity index (χ0n) is 12.6. The quantitative estimate of drug-likeness (QED) is 0.627. The lowest BCUT2D eigenvalue weighted by Gasteiger charge is -2.30. The molecular weight excluding hydrogens is 270 g/mol. The van der Waals surface area contributed by atoms with E-state index in [1.807, 2.05) is 0 Å². The molecule has 116 valence electrons. The molecule has 0 amide bonds. The van der Waals surface area contributed by atoms with E-state index >= 15 is 0 Å². The van der Waals surface area contributed by atoms with Crippen molar-refractivity contribution in [2.75, 3.05) is 50.9 Å². The van der Waals surface area contributed by atoms with E-state index in [-0.39, 0.29) is 12.1 Å². The van der Waals surface area contributed by atoms with Crippen LogP contribution in [0.3, 0.4) is 0 Å². The Bertz CT molecular complexity index is 493. The monoisotopic (exact) mass is 293 g/mol. The topological polar surface area (TPSA) is 76.8 Å². The molecule has 6 heteroatoms. The van der Waals surface area contributed by atoms with Gasteiger partial charge in [0.2, 0.25) is 0 Å². The third kappa shape index (κ3) is 4.09. The van der Waals surface area contributed by atoms with Gasteiger partial charge in [0.25, 0.3) is 0 Å². The first-order valence-corrected chi connectivity index (χ1v) is 7.21. The maximum atomic E-state index is 12.0. The van der Waals surface area contributed by atoms with Crippen molar-refractivity contribution in [1.82, 2.24) is 4.90 Å². The molecule has 2 rings (SSSR count). The van der Waals surface area contributed by atoms with Gasteiger partial charge < -0.3 is 25.4 Å². The van der Waals surface area contributed by atoms with Crippen molar-refractivity contribution in [3.8, 4) is 0 Å². The van der Waals surface area contributed by atoms with Crippen LogP contribution in [0.1, 0.15) is 17.3 Å². The maximum Gasteiger partial charge on any atom is 0.340 e. The predicted octanol–water partition coefficient (Wildman–Crippen LogP) is 1.19. The number of ether oxygens (including phenoxy) is 2. The number of carbonyl (C=O) groups excluding carboxylic acids is 1. The van der Waals surface area contributed by atoms with Crippen molar-refractivity contribution in [3.63, 3.8) is 0 Å². The Morgan fingerprint density at radius 2 is 2.38 bits per heavy atom. The number of carbonyl (C=O) groups is 1. The van der Waals surface area contributed by atoms with Crippen molar-refractivity contribution in [2.45, 2.75) is 13.0 Å². The predicted molar refractivity (Wildman–Crippen MR) is 82.5 cm³/mol. The summed E-state index contributed by atoms with van der Waals surface area (Å²) in [5, 5.41) is 3.23. The molecule has 21 heavy (non-hydrogen) atoms. The van der Waals surface area contributed by atoms with Crippen LogP contribution in [0.15, 0.2) is 18.2 Å². The van der Waals surface area contributed by atoms with Gasteiger partial charge in [-0.2, -0.15) is 0 Å². The first-order chi connectivity index (χ1) is 10.1. The van der Waals surface area contributed by atoms with Crippen LogP contribution in [0.5, 0.6) is 0 Å². The number of morpholine rings is 1. The third-order valence-electron chi connectivity index (χ3n) is 3.44. The molecule has 0 aliphatic carbocycles. The van der Waals surface area contributed by atoms with Crippen LogP contribution in [-0.4, -0.2) is 56.9 Å². The van der Waals surface area contributed by atoms with Crippen molar-refractivity contribution < 1.29 is 14.3 Å². The minimum atomic E-state index is -0.367. The standard InChI is InChI=1S/C15H23N3O3/c1-3-20-15(19)12-5-4-6-13(16)14(12)17-9-11-10-18(2)7-8-21-11/h4-6,11,17H,3,7-10,16H2,1-2H3. The average Bonchev–Trinajstić information content (AvgIpc) is 2.46. The van der Waals surface area contributed by atoms with Gasteiger partial charge in [-0.1, -0.05) is 6.07 Å². The van der Waals surface area contributed by atoms with E-state index in [2.05, 4.69) is 17.3 Å². The van der Waals surface area contributed by atoms with Gasteiger partial charge in [0.1, 0.15) is 0 Å². The highest BCUT2D eigenvalue weighted by Crippen LogP contribution is 2.24. The lowest BCUT2D eigenvalue weighted by Crippen LogP contribution is -2.43. The van der Waals surface area contributed by atoms with Gasteiger partial charge in [0.05, 0.1) is 36.3 Å². The molecular formula is C15H23N3O3. The second kappa shape index (κ2) is 7.28. The number of para-hydroxylation sites is 1. The van der Waals surface area contributed by atoms with Gasteiger partial charge in [-0.3, -0.25) is 0 Å². The van der Waals surface area contributed by atoms with Gasteiger partial charge in [0, 0.05) is 19.6 Å². The zero-order valence-corrected chi connectivity index (χ0v) is 12.6. The van der Waals surface area contributed by atoms with E-state index in [4.69, 9.17) is 15.2 Å². The summed E-state index contributed by atoms with van der Waals surface area (Å²) in [5.74, 6) is -0.367. The summed E-state index contributed by atoms with van der Waals surface area (Å²) in [5.41, 5.74) is 7.59. The Labute approximate surface area is 125 Å². The Morgan fingerprint density at radius 1 is 1.57 bits per heavy atom. The number of nitrogens with one attached hydrogen (secondary N) is 1. The molecule has 0 radical (unpaired) electrons. The largest absolute Gasteiger partial charge is 0.462 e. The molecule has 1 heterocycles. The molecule has 0 bridgehead atoms. The second-order valence-corrected chi connectivity index (χ2v) is 5.13. The van der Waals surface area contributed by atoms with Crippen molar-refractivity contribution in [2.24, 2.45) is 0 Å². The Hall–Kier alpha value is -1.79. The second-order valence-electron chi connectivity index (χ2n) is 5.13. The number of likely N-dealkylation sites (N-methyl/N-ethyl adjacent to an activating group) is 1. The van der Waals surface area contributed by atoms with Crippen LogP contribution in [0, 0.1) is 0 Å². The molecule has 0 saturated carbocycles. The smallest absolute Gasteiger partial charge is 0.340 e. The number of rotatable bonds is 5. The fourth-order valence-electron chi connectivity index (χ4n) is 2.35. The zero-order chi connectivity index (χ0) is 15.2. The number of anilines is 2. The molecule has 3 N–H and O–H groups in total. The van der Waals surface area contributed by atoms with Crippen molar-refractivity contribution in [1.29, 1.82) is 0 Å². The lowest BCUT2D eigenvalue weighted by molar-refractivity contribution is -0.0117. The summed E-state index contributed by atoms with van der Waals surface area (Å²) in [4.78, 5) is 14.2. The number of hydrogen-bond acceptors (Lipinski definition) is 6. The number of benzene rings is 1. The van der Waals surface area contributed by atoms with Gasteiger partial charge in [-0.25, -0.2) is 4.79 Å². The minimum absolute atomic E-state index is 0.0819. The summed E-state index contributed by atoms with van der Waals surface area (Å²) in [7, 11) is 2.07. The minimum Gasteiger partial charge on any atom is -0.462 e. The summed E-state index contributed by atoms with van der Waals surface area (Å²) >= 11 is 0. The van der Waals surface area contributed by atoms with E-state index in [9.17, 15) is 4.79 Å². The Kier molecular flexibility index (Phi) is 5.41. The molecule has 1 saturated heterocycles. The summed E-state index contributed by atoms with van der Waals surface area (Å²) < 4.78 is 10.8. The molecule has 1 atom stereocenters. The highest BCUT2D eigenvalue weighted by Gasteiger charge is 2.20. The van der Waals surface area contributed by atoms with Crippen LogP contribution in [-0.2, 0) is 9.47 Å². The van der Waals surface area contributed by atoms with E-state index in [1.165, 1.54) is 0 Å². The summed E-state index contributed by atoms with van der Waals surface area (Å²) in [6.07, 6.45) is 0.0819. The Morgan fingerprint density at radius 3 is 3.10 bits per heavy atom. The van der Waals surface area contributed by atoms with Crippen molar-refractivity contribution in [3.05, 3.63) is 23.8 Å². The van der Waals surface area contributed by atoms with Crippen LogP contribution in [0.25, 0.3) is 0 Å². The first-order valence-electron chi connectivity index (χ1n) is 7.21. The number of esters is 1. The summed E-state index contributed by atoms with van der Waals surface area (Å²) in [6, 6.07) is 5.22. The lowest BCUT2D eigenvalue weighted by atomic mass is 10.1. The maximum absolute atomic E-state index is 12.0. The number of hydrogen-bond donors (Lipinski definition) is 2. The van der Waals surface area contributed by atoms with Crippen LogP contribution < -0.4 is 11.1 Å². The molecule has 1 unspecified atom stereocenters. The SMILES string of the molecule is CCOC(=O)c1cccc(N)c1NCC1CN(C)CCO1. The highest BCUT2D eigenvalue weighted by molar-refractivity contribution is 5.98. The van der Waals surface area contributed by atoms with E-state index < -0.39 is 0 Å². The van der Waals surface area contributed by atoms with E-state index in [1.54, 1.807) is 25.1 Å². The van der Waals surface area contributed by atoms with Gasteiger partial charge in [0.15, 0.2) is 0 Å². The molecule has 6 nitrogen and oxygen atoms in total. The van der Waals surface area contributed by atoms with E-state index in [0.717, 1.165) is 19.7 Å². The first kappa shape index (κ1) is 15.6. The molecule has 1 aromatic carbocycles.